The Bertz CT molecular complexity index is 1760. The number of hydrogen-bond donors (Lipinski definition) is 1. The molecule has 0 spiro atoms. The van der Waals surface area contributed by atoms with E-state index in [-0.39, 0.29) is 37.8 Å². The minimum absolute atomic E-state index is 0.0616. The molecule has 51 heavy (non-hydrogen) atoms. The third-order valence-electron chi connectivity index (χ3n) is 10.8. The van der Waals surface area contributed by atoms with Crippen LogP contribution in [0.2, 0.25) is 0 Å². The third kappa shape index (κ3) is 8.37. The minimum Gasteiger partial charge on any atom is -0.488 e. The lowest BCUT2D eigenvalue weighted by atomic mass is 9.77. The first kappa shape index (κ1) is 36.7. The summed E-state index contributed by atoms with van der Waals surface area (Å²) in [5.74, 6) is -3.33. The summed E-state index contributed by atoms with van der Waals surface area (Å²) in [5.41, 5.74) is -0.452. The number of benzene rings is 1. The van der Waals surface area contributed by atoms with E-state index >= 15 is 0 Å². The number of carbonyl (C=O) groups is 4. The van der Waals surface area contributed by atoms with Crippen molar-refractivity contribution >= 4 is 33.4 Å². The summed E-state index contributed by atoms with van der Waals surface area (Å²) in [6.45, 7) is 9.51. The summed E-state index contributed by atoms with van der Waals surface area (Å²) in [6, 6.07) is 12.1. The van der Waals surface area contributed by atoms with Crippen LogP contribution in [0, 0.1) is 17.3 Å². The summed E-state index contributed by atoms with van der Waals surface area (Å²) >= 11 is 0. The van der Waals surface area contributed by atoms with Crippen LogP contribution in [-0.4, -0.2) is 83.2 Å². The predicted octanol–water partition coefficient (Wildman–Crippen LogP) is 4.84. The molecule has 11 nitrogen and oxygen atoms in total. The standard InChI is InChI=1S/C39H49N3O8S/c1-5-26-22-39(26,34(43)24-51(47,48)30-15-16-30)41-36(45)33-20-29(49-28-17-18-40-32(19-28)25-11-7-6-8-12-25)23-42(33)37(46)31(38(2,3)4)21-35(44)50-27-13-9-10-14-27/h5-8,11-12,17-19,26-27,29-31,33H,1,9-10,13-16,20-24H2,2-4H3,(H,41,45)/t26-,29-,31-,33+,39-/m1/s1. The number of esters is 1. The second kappa shape index (κ2) is 14.5. The first-order valence-electron chi connectivity index (χ1n) is 18.1. The van der Waals surface area contributed by atoms with Gasteiger partial charge in [-0.3, -0.25) is 24.2 Å². The largest absolute Gasteiger partial charge is 0.488 e. The number of amides is 2. The van der Waals surface area contributed by atoms with Crippen LogP contribution >= 0.6 is 0 Å². The van der Waals surface area contributed by atoms with Gasteiger partial charge in [-0.15, -0.1) is 6.58 Å². The summed E-state index contributed by atoms with van der Waals surface area (Å²) in [6.07, 6.45) is 7.35. The Labute approximate surface area is 300 Å². The van der Waals surface area contributed by atoms with Crippen LogP contribution in [0.5, 0.6) is 5.75 Å². The number of pyridine rings is 1. The average Bonchev–Trinajstić information content (AvgIpc) is 3.97. The molecule has 1 saturated heterocycles. The predicted molar refractivity (Wildman–Crippen MR) is 191 cm³/mol. The van der Waals surface area contributed by atoms with E-state index in [1.165, 1.54) is 4.90 Å². The zero-order valence-corrected chi connectivity index (χ0v) is 30.5. The monoisotopic (exact) mass is 719 g/mol. The van der Waals surface area contributed by atoms with Gasteiger partial charge in [0.25, 0.3) is 0 Å². The first-order chi connectivity index (χ1) is 24.2. The molecular formula is C39H49N3O8S. The molecule has 0 radical (unpaired) electrons. The fourth-order valence-corrected chi connectivity index (χ4v) is 9.17. The number of Topliss-reactive ketones (excluding diaryl/α,β-unsaturated/α-hetero) is 1. The Balaban J connectivity index is 1.25. The highest BCUT2D eigenvalue weighted by atomic mass is 32.2. The first-order valence-corrected chi connectivity index (χ1v) is 19.8. The molecule has 1 N–H and O–H groups in total. The molecule has 4 fully saturated rings. The molecule has 0 bridgehead atoms. The number of nitrogens with one attached hydrogen (secondary N) is 1. The van der Waals surface area contributed by atoms with Crippen LogP contribution < -0.4 is 10.1 Å². The van der Waals surface area contributed by atoms with Crippen LogP contribution in [0.3, 0.4) is 0 Å². The van der Waals surface area contributed by atoms with Crippen molar-refractivity contribution in [3.63, 3.8) is 0 Å². The van der Waals surface area contributed by atoms with Crippen molar-refractivity contribution in [3.05, 3.63) is 61.3 Å². The Kier molecular flexibility index (Phi) is 10.5. The summed E-state index contributed by atoms with van der Waals surface area (Å²) in [5, 5.41) is 2.37. The summed E-state index contributed by atoms with van der Waals surface area (Å²) in [7, 11) is -3.62. The smallest absolute Gasteiger partial charge is 0.306 e. The van der Waals surface area contributed by atoms with E-state index in [1.54, 1.807) is 24.4 Å². The van der Waals surface area contributed by atoms with Gasteiger partial charge in [0, 0.05) is 30.2 Å². The van der Waals surface area contributed by atoms with E-state index in [0.717, 1.165) is 31.2 Å². The third-order valence-corrected chi connectivity index (χ3v) is 12.9. The zero-order valence-electron chi connectivity index (χ0n) is 29.7. The van der Waals surface area contributed by atoms with Crippen molar-refractivity contribution in [3.8, 4) is 17.0 Å². The van der Waals surface area contributed by atoms with E-state index in [2.05, 4.69) is 16.9 Å². The molecule has 274 valence electrons. The average molecular weight is 720 g/mol. The number of ketones is 1. The molecule has 3 aliphatic carbocycles. The molecule has 1 aliphatic heterocycles. The van der Waals surface area contributed by atoms with Crippen LogP contribution in [0.1, 0.15) is 78.6 Å². The molecule has 5 atom stereocenters. The molecule has 3 saturated carbocycles. The van der Waals surface area contributed by atoms with Gasteiger partial charge in [0.05, 0.1) is 29.8 Å². The molecule has 2 heterocycles. The van der Waals surface area contributed by atoms with E-state index in [9.17, 15) is 27.6 Å². The van der Waals surface area contributed by atoms with Crippen molar-refractivity contribution in [1.82, 2.24) is 15.2 Å². The van der Waals surface area contributed by atoms with E-state index in [1.807, 2.05) is 51.1 Å². The van der Waals surface area contributed by atoms with Gasteiger partial charge in [0.15, 0.2) is 15.6 Å². The number of ether oxygens (including phenoxy) is 2. The molecular weight excluding hydrogens is 671 g/mol. The Hall–Kier alpha value is -4.06. The van der Waals surface area contributed by atoms with Crippen molar-refractivity contribution in [1.29, 1.82) is 0 Å². The molecule has 1 aromatic heterocycles. The maximum atomic E-state index is 14.5. The molecule has 12 heteroatoms. The van der Waals surface area contributed by atoms with Crippen molar-refractivity contribution in [2.24, 2.45) is 17.3 Å². The molecule has 2 amide bonds. The topological polar surface area (TPSA) is 149 Å². The molecule has 1 aromatic carbocycles. The number of hydrogen-bond acceptors (Lipinski definition) is 9. The molecule has 6 rings (SSSR count). The second-order valence-electron chi connectivity index (χ2n) is 15.7. The zero-order chi connectivity index (χ0) is 36.6. The highest BCUT2D eigenvalue weighted by Crippen LogP contribution is 2.46. The number of likely N-dealkylation sites (tertiary alicyclic amines) is 1. The van der Waals surface area contributed by atoms with Crippen LogP contribution in [0.4, 0.5) is 0 Å². The molecule has 0 unspecified atom stereocenters. The van der Waals surface area contributed by atoms with Crippen LogP contribution in [-0.2, 0) is 33.8 Å². The van der Waals surface area contributed by atoms with Gasteiger partial charge >= 0.3 is 5.97 Å². The molecule has 2 aromatic rings. The number of aromatic nitrogens is 1. The number of nitrogens with zero attached hydrogens (tertiary/aromatic N) is 2. The fraction of sp³-hybridized carbons (Fsp3) is 0.564. The lowest BCUT2D eigenvalue weighted by molar-refractivity contribution is -0.156. The lowest BCUT2D eigenvalue weighted by Gasteiger charge is -2.35. The van der Waals surface area contributed by atoms with Crippen molar-refractivity contribution in [2.75, 3.05) is 12.3 Å². The normalized spacial score (nSPS) is 25.5. The summed E-state index contributed by atoms with van der Waals surface area (Å²) < 4.78 is 37.7. The van der Waals surface area contributed by atoms with Gasteiger partial charge in [0.2, 0.25) is 11.8 Å². The van der Waals surface area contributed by atoms with Gasteiger partial charge < -0.3 is 19.7 Å². The van der Waals surface area contributed by atoms with Gasteiger partial charge in [-0.25, -0.2) is 8.42 Å². The van der Waals surface area contributed by atoms with Gasteiger partial charge in [-0.1, -0.05) is 57.2 Å². The maximum Gasteiger partial charge on any atom is 0.306 e. The Morgan fingerprint density at radius 1 is 1.06 bits per heavy atom. The SMILES string of the molecule is C=C[C@@H]1C[C@]1(NC(=O)[C@@H]1C[C@@H](Oc2ccnc(-c3ccccc3)c2)CN1C(=O)[C@@H](CC(=O)OC1CCCC1)C(C)(C)C)C(=O)CS(=O)(=O)C1CC1. The second-order valence-corrected chi connectivity index (χ2v) is 18.0. The van der Waals surface area contributed by atoms with E-state index < -0.39 is 73.4 Å². The lowest BCUT2D eigenvalue weighted by Crippen LogP contribution is -2.55. The number of carbonyl (C=O) groups excluding carboxylic acids is 4. The fourth-order valence-electron chi connectivity index (χ4n) is 7.46. The Morgan fingerprint density at radius 2 is 1.76 bits per heavy atom. The van der Waals surface area contributed by atoms with Crippen LogP contribution in [0.25, 0.3) is 11.3 Å². The van der Waals surface area contributed by atoms with Gasteiger partial charge in [0.1, 0.15) is 35.3 Å². The quantitative estimate of drug-likeness (QED) is 0.214. The van der Waals surface area contributed by atoms with Crippen molar-refractivity contribution in [2.45, 2.75) is 108 Å². The highest BCUT2D eigenvalue weighted by molar-refractivity contribution is 7.93. The van der Waals surface area contributed by atoms with E-state index in [4.69, 9.17) is 9.47 Å². The maximum absolute atomic E-state index is 14.5. The highest BCUT2D eigenvalue weighted by Gasteiger charge is 2.61. The van der Waals surface area contributed by atoms with Crippen LogP contribution in [0.15, 0.2) is 61.3 Å². The number of sulfone groups is 1. The number of rotatable bonds is 14. The van der Waals surface area contributed by atoms with Crippen molar-refractivity contribution < 1.29 is 37.1 Å². The minimum atomic E-state index is -3.62. The van der Waals surface area contributed by atoms with Gasteiger partial charge in [-0.05, 0) is 56.4 Å². The molecule has 4 aliphatic rings. The van der Waals surface area contributed by atoms with Gasteiger partial charge in [-0.2, -0.15) is 0 Å². The Morgan fingerprint density at radius 3 is 2.39 bits per heavy atom. The van der Waals surface area contributed by atoms with E-state index in [0.29, 0.717) is 24.3 Å². The summed E-state index contributed by atoms with van der Waals surface area (Å²) in [4.78, 5) is 61.4.